The first-order valence-electron chi connectivity index (χ1n) is 8.11. The van der Waals surface area contributed by atoms with Crippen molar-refractivity contribution in [2.75, 3.05) is 39.4 Å². The van der Waals surface area contributed by atoms with Crippen molar-refractivity contribution in [3.63, 3.8) is 0 Å². The lowest BCUT2D eigenvalue weighted by Crippen LogP contribution is -2.41. The van der Waals surface area contributed by atoms with E-state index >= 15 is 0 Å². The molecule has 134 valence electrons. The second kappa shape index (κ2) is 10.6. The van der Waals surface area contributed by atoms with Crippen LogP contribution in [0.2, 0.25) is 0 Å². The van der Waals surface area contributed by atoms with E-state index in [1.807, 2.05) is 13.8 Å². The van der Waals surface area contributed by atoms with Crippen molar-refractivity contribution in [3.05, 3.63) is 11.8 Å². The van der Waals surface area contributed by atoms with Crippen LogP contribution in [-0.2, 0) is 14.3 Å². The third-order valence-electron chi connectivity index (χ3n) is 3.62. The highest BCUT2D eigenvalue weighted by Gasteiger charge is 2.18. The lowest BCUT2D eigenvalue weighted by atomic mass is 10.0. The van der Waals surface area contributed by atoms with Crippen LogP contribution in [0.15, 0.2) is 11.8 Å². The third-order valence-corrected chi connectivity index (χ3v) is 3.62. The Morgan fingerprint density at radius 3 is 2.58 bits per heavy atom. The molecule has 1 heterocycles. The molecular weight excluding hydrogens is 312 g/mol. The third kappa shape index (κ3) is 7.44. The average Bonchev–Trinajstić information content (AvgIpc) is 2.54. The van der Waals surface area contributed by atoms with Crippen LogP contribution in [0.4, 0.5) is 0 Å². The largest absolute Gasteiger partial charge is 0.480 e. The summed E-state index contributed by atoms with van der Waals surface area (Å²) >= 11 is 0. The molecule has 1 fully saturated rings. The molecule has 8 heteroatoms. The molecule has 1 aliphatic rings. The second-order valence-electron chi connectivity index (χ2n) is 6.07. The number of nitrogens with zero attached hydrogens (tertiary/aromatic N) is 2. The zero-order valence-electron chi connectivity index (χ0n) is 14.2. The number of carboxylic acids is 1. The van der Waals surface area contributed by atoms with Crippen molar-refractivity contribution in [2.24, 2.45) is 5.92 Å². The molecule has 0 radical (unpaired) electrons. The van der Waals surface area contributed by atoms with E-state index in [1.54, 1.807) is 6.07 Å². The number of ether oxygens (including phenoxy) is 1. The van der Waals surface area contributed by atoms with Crippen LogP contribution >= 0.6 is 0 Å². The topological polar surface area (TPSA) is 115 Å². The number of aliphatic carboxylic acids is 1. The minimum Gasteiger partial charge on any atom is -0.480 e. The molecule has 8 nitrogen and oxygen atoms in total. The summed E-state index contributed by atoms with van der Waals surface area (Å²) in [5.41, 5.74) is -0.132. The van der Waals surface area contributed by atoms with Crippen molar-refractivity contribution in [3.8, 4) is 6.07 Å². The van der Waals surface area contributed by atoms with E-state index < -0.39 is 17.9 Å². The normalized spacial score (nSPS) is 17.2. The molecule has 0 bridgehead atoms. The lowest BCUT2D eigenvalue weighted by Gasteiger charge is -2.26. The van der Waals surface area contributed by atoms with E-state index in [9.17, 15) is 9.59 Å². The number of morpholine rings is 1. The summed E-state index contributed by atoms with van der Waals surface area (Å²) in [6.45, 7) is 7.96. The van der Waals surface area contributed by atoms with Gasteiger partial charge in [0.05, 0.1) is 13.2 Å². The molecule has 0 aromatic heterocycles. The maximum atomic E-state index is 12.0. The Morgan fingerprint density at radius 2 is 2.04 bits per heavy atom. The molecule has 0 aromatic carbocycles. The van der Waals surface area contributed by atoms with Gasteiger partial charge in [-0.05, 0) is 12.3 Å². The van der Waals surface area contributed by atoms with Crippen molar-refractivity contribution in [2.45, 2.75) is 26.3 Å². The van der Waals surface area contributed by atoms with Crippen LogP contribution in [0, 0.1) is 17.2 Å². The van der Waals surface area contributed by atoms with Crippen LogP contribution < -0.4 is 10.6 Å². The molecule has 0 aliphatic carbocycles. The number of rotatable bonds is 9. The first-order chi connectivity index (χ1) is 11.4. The maximum Gasteiger partial charge on any atom is 0.326 e. The number of carbonyl (C=O) groups is 2. The van der Waals surface area contributed by atoms with E-state index in [4.69, 9.17) is 15.1 Å². The van der Waals surface area contributed by atoms with Gasteiger partial charge in [-0.3, -0.25) is 9.69 Å². The zero-order chi connectivity index (χ0) is 17.9. The summed E-state index contributed by atoms with van der Waals surface area (Å²) in [6.07, 6.45) is 1.59. The fourth-order valence-electron chi connectivity index (χ4n) is 2.29. The van der Waals surface area contributed by atoms with E-state index in [0.29, 0.717) is 32.7 Å². The molecule has 3 N–H and O–H groups in total. The minimum absolute atomic E-state index is 0.132. The van der Waals surface area contributed by atoms with Crippen molar-refractivity contribution < 1.29 is 19.4 Å². The average molecular weight is 338 g/mol. The SMILES string of the molecule is CC(C)CC(N/C=C(/C#N)C(=O)NCCN1CCOCC1)C(=O)O. The predicted octanol–water partition coefficient (Wildman–Crippen LogP) is -0.0688. The van der Waals surface area contributed by atoms with Crippen molar-refractivity contribution in [1.29, 1.82) is 5.26 Å². The Bertz CT molecular complexity index is 493. The summed E-state index contributed by atoms with van der Waals surface area (Å²) in [7, 11) is 0. The van der Waals surface area contributed by atoms with Crippen LogP contribution in [0.5, 0.6) is 0 Å². The highest BCUT2D eigenvalue weighted by atomic mass is 16.5. The Hall–Kier alpha value is -2.11. The Morgan fingerprint density at radius 1 is 1.38 bits per heavy atom. The molecule has 0 saturated carbocycles. The summed E-state index contributed by atoms with van der Waals surface area (Å²) in [5.74, 6) is -1.34. The van der Waals surface area contributed by atoms with Crippen LogP contribution in [-0.4, -0.2) is 67.3 Å². The molecule has 0 spiro atoms. The van der Waals surface area contributed by atoms with Crippen molar-refractivity contribution in [1.82, 2.24) is 15.5 Å². The molecule has 1 amide bonds. The number of hydrogen-bond acceptors (Lipinski definition) is 6. The van der Waals surface area contributed by atoms with Gasteiger partial charge in [-0.2, -0.15) is 5.26 Å². The number of nitrogens with one attached hydrogen (secondary N) is 2. The van der Waals surface area contributed by atoms with E-state index in [-0.39, 0.29) is 11.5 Å². The second-order valence-corrected chi connectivity index (χ2v) is 6.07. The number of carbonyl (C=O) groups excluding carboxylic acids is 1. The van der Waals surface area contributed by atoms with E-state index in [1.165, 1.54) is 6.20 Å². The molecule has 1 unspecified atom stereocenters. The maximum absolute atomic E-state index is 12.0. The summed E-state index contributed by atoms with van der Waals surface area (Å²) < 4.78 is 5.25. The molecule has 1 aliphatic heterocycles. The first kappa shape index (κ1) is 19.9. The Labute approximate surface area is 142 Å². The van der Waals surface area contributed by atoms with Gasteiger partial charge in [-0.1, -0.05) is 13.8 Å². The quantitative estimate of drug-likeness (QED) is 0.398. The minimum atomic E-state index is -1.01. The van der Waals surface area contributed by atoms with Crippen LogP contribution in [0.3, 0.4) is 0 Å². The van der Waals surface area contributed by atoms with Gasteiger partial charge < -0.3 is 20.5 Å². The van der Waals surface area contributed by atoms with Gasteiger partial charge in [0.1, 0.15) is 17.7 Å². The Balaban J connectivity index is 2.46. The smallest absolute Gasteiger partial charge is 0.326 e. The molecule has 1 atom stereocenters. The zero-order valence-corrected chi connectivity index (χ0v) is 14.2. The monoisotopic (exact) mass is 338 g/mol. The molecule has 0 aromatic rings. The van der Waals surface area contributed by atoms with Crippen LogP contribution in [0.1, 0.15) is 20.3 Å². The fourth-order valence-corrected chi connectivity index (χ4v) is 2.29. The predicted molar refractivity (Wildman–Crippen MR) is 88.0 cm³/mol. The van der Waals surface area contributed by atoms with Crippen molar-refractivity contribution >= 4 is 11.9 Å². The van der Waals surface area contributed by atoms with Gasteiger partial charge in [-0.25, -0.2) is 4.79 Å². The fraction of sp³-hybridized carbons (Fsp3) is 0.688. The summed E-state index contributed by atoms with van der Waals surface area (Å²) in [5, 5.41) is 23.6. The standard InChI is InChI=1S/C16H26N4O4/c1-12(2)9-14(16(22)23)19-11-13(10-17)15(21)18-3-4-20-5-7-24-8-6-20/h11-12,14,19H,3-9H2,1-2H3,(H,18,21)(H,22,23)/b13-11-. The molecular formula is C16H26N4O4. The number of carboxylic acid groups (broad SMARTS) is 1. The van der Waals surface area contributed by atoms with Gasteiger partial charge in [-0.15, -0.1) is 0 Å². The summed E-state index contributed by atoms with van der Waals surface area (Å²) in [4.78, 5) is 25.3. The molecule has 24 heavy (non-hydrogen) atoms. The number of amides is 1. The van der Waals surface area contributed by atoms with Gasteiger partial charge >= 0.3 is 5.97 Å². The van der Waals surface area contributed by atoms with Gasteiger partial charge in [0.2, 0.25) is 0 Å². The van der Waals surface area contributed by atoms with Gasteiger partial charge in [0.25, 0.3) is 5.91 Å². The van der Waals surface area contributed by atoms with Gasteiger partial charge in [0, 0.05) is 32.4 Å². The number of nitriles is 1. The lowest BCUT2D eigenvalue weighted by molar-refractivity contribution is -0.139. The van der Waals surface area contributed by atoms with E-state index in [0.717, 1.165) is 13.1 Å². The van der Waals surface area contributed by atoms with E-state index in [2.05, 4.69) is 15.5 Å². The number of hydrogen-bond donors (Lipinski definition) is 3. The highest BCUT2D eigenvalue weighted by Crippen LogP contribution is 2.05. The Kier molecular flexibility index (Phi) is 8.83. The molecule has 1 saturated heterocycles. The first-order valence-corrected chi connectivity index (χ1v) is 8.11. The molecule has 1 rings (SSSR count). The highest BCUT2D eigenvalue weighted by molar-refractivity contribution is 5.97. The van der Waals surface area contributed by atoms with Gasteiger partial charge in [0.15, 0.2) is 0 Å². The van der Waals surface area contributed by atoms with Crippen LogP contribution in [0.25, 0.3) is 0 Å². The summed E-state index contributed by atoms with van der Waals surface area (Å²) in [6, 6.07) is 0.973.